The van der Waals surface area contributed by atoms with Crippen LogP contribution in [0.5, 0.6) is 5.75 Å². The highest BCUT2D eigenvalue weighted by Gasteiger charge is 2.17. The number of hydrogen-bond donors (Lipinski definition) is 4. The number of benzene rings is 1. The summed E-state index contributed by atoms with van der Waals surface area (Å²) in [6.07, 6.45) is 0.119. The molecule has 0 aliphatic carbocycles. The molecule has 0 saturated carbocycles. The summed E-state index contributed by atoms with van der Waals surface area (Å²) >= 11 is 0. The van der Waals surface area contributed by atoms with Gasteiger partial charge in [-0.2, -0.15) is 0 Å². The molecular formula is C11H14N2O4. The lowest BCUT2D eigenvalue weighted by Crippen LogP contribution is -2.30. The van der Waals surface area contributed by atoms with Crippen molar-refractivity contribution in [1.29, 1.82) is 0 Å². The first kappa shape index (κ1) is 12.8. The van der Waals surface area contributed by atoms with Gasteiger partial charge in [0.1, 0.15) is 11.8 Å². The fourth-order valence-corrected chi connectivity index (χ4v) is 1.30. The van der Waals surface area contributed by atoms with Gasteiger partial charge >= 0.3 is 5.97 Å². The summed E-state index contributed by atoms with van der Waals surface area (Å²) in [6, 6.07) is 5.10. The Hall–Kier alpha value is -2.24. The predicted molar refractivity (Wildman–Crippen MR) is 61.6 cm³/mol. The van der Waals surface area contributed by atoms with Gasteiger partial charge < -0.3 is 21.3 Å². The molecule has 0 aliphatic heterocycles. The van der Waals surface area contributed by atoms with E-state index in [4.69, 9.17) is 15.9 Å². The molecule has 0 unspecified atom stereocenters. The maximum absolute atomic E-state index is 10.9. The van der Waals surface area contributed by atoms with E-state index in [-0.39, 0.29) is 18.6 Å². The highest BCUT2D eigenvalue weighted by Crippen LogP contribution is 2.15. The number of amides is 1. The molecule has 92 valence electrons. The van der Waals surface area contributed by atoms with E-state index in [9.17, 15) is 9.59 Å². The van der Waals surface area contributed by atoms with Gasteiger partial charge in [-0.25, -0.2) is 4.79 Å². The maximum atomic E-state index is 10.9. The topological polar surface area (TPSA) is 113 Å². The van der Waals surface area contributed by atoms with Crippen LogP contribution in [0.15, 0.2) is 24.3 Å². The number of carbonyl (C=O) groups excluding carboxylic acids is 1. The fraction of sp³-hybridized carbons (Fsp3) is 0.273. The van der Waals surface area contributed by atoms with Crippen LogP contribution < -0.4 is 11.1 Å². The first-order valence-electron chi connectivity index (χ1n) is 5.05. The number of anilines is 1. The number of aliphatic carboxylic acids is 1. The fourth-order valence-electron chi connectivity index (χ4n) is 1.30. The molecule has 0 radical (unpaired) electrons. The number of rotatable bonds is 6. The number of phenols is 1. The Morgan fingerprint density at radius 3 is 2.35 bits per heavy atom. The van der Waals surface area contributed by atoms with Gasteiger partial charge in [0.05, 0.1) is 0 Å². The van der Waals surface area contributed by atoms with Crippen molar-refractivity contribution in [2.24, 2.45) is 5.73 Å². The molecular weight excluding hydrogens is 224 g/mol. The average Bonchev–Trinajstić information content (AvgIpc) is 2.26. The summed E-state index contributed by atoms with van der Waals surface area (Å²) in [5.74, 6) is -1.50. The minimum Gasteiger partial charge on any atom is -0.508 e. The molecule has 6 nitrogen and oxygen atoms in total. The summed E-state index contributed by atoms with van der Waals surface area (Å²) in [5.41, 5.74) is 5.52. The van der Waals surface area contributed by atoms with Crippen molar-refractivity contribution in [2.45, 2.75) is 18.9 Å². The molecule has 0 fully saturated rings. The van der Waals surface area contributed by atoms with E-state index in [1.54, 1.807) is 12.1 Å². The number of primary amides is 1. The molecule has 0 heterocycles. The van der Waals surface area contributed by atoms with Gasteiger partial charge in [-0.15, -0.1) is 0 Å². The third-order valence-electron chi connectivity index (χ3n) is 2.19. The van der Waals surface area contributed by atoms with Crippen LogP contribution in [0.3, 0.4) is 0 Å². The van der Waals surface area contributed by atoms with Gasteiger partial charge in [0.15, 0.2) is 0 Å². The molecule has 1 rings (SSSR count). The average molecular weight is 238 g/mol. The number of carbonyl (C=O) groups is 2. The van der Waals surface area contributed by atoms with Crippen LogP contribution in [-0.2, 0) is 9.59 Å². The quantitative estimate of drug-likeness (QED) is 0.540. The standard InChI is InChI=1S/C11H14N2O4/c12-10(15)6-5-9(11(16)17)13-7-1-3-8(14)4-2-7/h1-4,9,13-14H,5-6H2,(H2,12,15)(H,16,17)/t9-/m0/s1. The van der Waals surface area contributed by atoms with Crippen molar-refractivity contribution in [3.05, 3.63) is 24.3 Å². The van der Waals surface area contributed by atoms with Crippen molar-refractivity contribution in [3.8, 4) is 5.75 Å². The Balaban J connectivity index is 2.63. The zero-order chi connectivity index (χ0) is 12.8. The van der Waals surface area contributed by atoms with Gasteiger partial charge in [0.25, 0.3) is 0 Å². The van der Waals surface area contributed by atoms with Crippen LogP contribution in [0.25, 0.3) is 0 Å². The second-order valence-corrected chi connectivity index (χ2v) is 3.59. The highest BCUT2D eigenvalue weighted by atomic mass is 16.4. The summed E-state index contributed by atoms with van der Waals surface area (Å²) < 4.78 is 0. The third kappa shape index (κ3) is 4.42. The van der Waals surface area contributed by atoms with E-state index in [2.05, 4.69) is 5.32 Å². The van der Waals surface area contributed by atoms with E-state index < -0.39 is 17.9 Å². The lowest BCUT2D eigenvalue weighted by atomic mass is 10.1. The minimum absolute atomic E-state index is 0.00203. The van der Waals surface area contributed by atoms with Crippen LogP contribution in [0.1, 0.15) is 12.8 Å². The Morgan fingerprint density at radius 1 is 1.29 bits per heavy atom. The highest BCUT2D eigenvalue weighted by molar-refractivity contribution is 5.79. The van der Waals surface area contributed by atoms with Crippen molar-refractivity contribution in [1.82, 2.24) is 0 Å². The molecule has 17 heavy (non-hydrogen) atoms. The summed E-state index contributed by atoms with van der Waals surface area (Å²) in [7, 11) is 0. The Labute approximate surface area is 98.1 Å². The monoisotopic (exact) mass is 238 g/mol. The third-order valence-corrected chi connectivity index (χ3v) is 2.19. The van der Waals surface area contributed by atoms with Crippen molar-refractivity contribution in [3.63, 3.8) is 0 Å². The van der Waals surface area contributed by atoms with Crippen molar-refractivity contribution >= 4 is 17.6 Å². The molecule has 1 aromatic rings. The van der Waals surface area contributed by atoms with Crippen LogP contribution in [0.2, 0.25) is 0 Å². The lowest BCUT2D eigenvalue weighted by Gasteiger charge is -2.14. The molecule has 0 aromatic heterocycles. The Kier molecular flexibility index (Phi) is 4.33. The smallest absolute Gasteiger partial charge is 0.326 e. The van der Waals surface area contributed by atoms with Gasteiger partial charge in [0.2, 0.25) is 5.91 Å². The van der Waals surface area contributed by atoms with E-state index in [1.807, 2.05) is 0 Å². The van der Waals surface area contributed by atoms with E-state index in [1.165, 1.54) is 12.1 Å². The number of carboxylic acid groups (broad SMARTS) is 1. The number of aromatic hydroxyl groups is 1. The van der Waals surface area contributed by atoms with E-state index in [0.29, 0.717) is 5.69 Å². The molecule has 0 aliphatic rings. The molecule has 0 spiro atoms. The first-order chi connectivity index (χ1) is 7.99. The number of hydrogen-bond acceptors (Lipinski definition) is 4. The van der Waals surface area contributed by atoms with Crippen LogP contribution in [-0.4, -0.2) is 28.1 Å². The van der Waals surface area contributed by atoms with Gasteiger partial charge in [-0.1, -0.05) is 0 Å². The second-order valence-electron chi connectivity index (χ2n) is 3.59. The zero-order valence-corrected chi connectivity index (χ0v) is 9.09. The predicted octanol–water partition coefficient (Wildman–Crippen LogP) is 0.523. The van der Waals surface area contributed by atoms with Crippen LogP contribution >= 0.6 is 0 Å². The van der Waals surface area contributed by atoms with E-state index >= 15 is 0 Å². The number of carboxylic acids is 1. The molecule has 0 bridgehead atoms. The summed E-state index contributed by atoms with van der Waals surface area (Å²) in [6.45, 7) is 0. The lowest BCUT2D eigenvalue weighted by molar-refractivity contribution is -0.138. The normalized spacial score (nSPS) is 11.8. The largest absolute Gasteiger partial charge is 0.508 e. The zero-order valence-electron chi connectivity index (χ0n) is 9.09. The van der Waals surface area contributed by atoms with Gasteiger partial charge in [-0.3, -0.25) is 4.79 Å². The minimum atomic E-state index is -1.06. The van der Waals surface area contributed by atoms with Crippen LogP contribution in [0, 0.1) is 0 Å². The molecule has 1 aromatic carbocycles. The van der Waals surface area contributed by atoms with Crippen LogP contribution in [0.4, 0.5) is 5.69 Å². The summed E-state index contributed by atoms with van der Waals surface area (Å²) in [5, 5.41) is 20.8. The van der Waals surface area contributed by atoms with Gasteiger partial charge in [0, 0.05) is 12.1 Å². The SMILES string of the molecule is NC(=O)CC[C@H](Nc1ccc(O)cc1)C(=O)O. The molecule has 6 heteroatoms. The molecule has 1 amide bonds. The molecule has 1 atom stereocenters. The second kappa shape index (κ2) is 5.74. The van der Waals surface area contributed by atoms with Crippen molar-refractivity contribution in [2.75, 3.05) is 5.32 Å². The molecule has 5 N–H and O–H groups in total. The van der Waals surface area contributed by atoms with Gasteiger partial charge in [-0.05, 0) is 30.7 Å². The molecule has 0 saturated heterocycles. The van der Waals surface area contributed by atoms with E-state index in [0.717, 1.165) is 0 Å². The van der Waals surface area contributed by atoms with Crippen molar-refractivity contribution < 1.29 is 19.8 Å². The number of nitrogens with two attached hydrogens (primary N) is 1. The Morgan fingerprint density at radius 2 is 1.88 bits per heavy atom. The number of nitrogens with one attached hydrogen (secondary N) is 1. The Bertz CT molecular complexity index is 402. The first-order valence-corrected chi connectivity index (χ1v) is 5.05. The number of phenolic OH excluding ortho intramolecular Hbond substituents is 1. The summed E-state index contributed by atoms with van der Waals surface area (Å²) in [4.78, 5) is 21.5. The maximum Gasteiger partial charge on any atom is 0.326 e.